The van der Waals surface area contributed by atoms with Crippen LogP contribution in [0.25, 0.3) is 0 Å². The lowest BCUT2D eigenvalue weighted by molar-refractivity contribution is -0.274. The molecular weight excluding hydrogens is 525 g/mol. The number of aromatic nitrogens is 1. The van der Waals surface area contributed by atoms with Gasteiger partial charge in [0.15, 0.2) is 11.7 Å². The number of nitrogens with zero attached hydrogens (tertiary/aromatic N) is 2. The third-order valence-corrected chi connectivity index (χ3v) is 3.97. The molecule has 0 fully saturated rings. The minimum absolute atomic E-state index is 0. The van der Waals surface area contributed by atoms with Gasteiger partial charge in [0.1, 0.15) is 10.8 Å². The summed E-state index contributed by atoms with van der Waals surface area (Å²) in [6, 6.07) is 5.57. The molecule has 0 atom stereocenters. The average molecular weight is 540 g/mol. The van der Waals surface area contributed by atoms with Crippen LogP contribution in [0.4, 0.5) is 26.3 Å². The lowest BCUT2D eigenvalue weighted by Gasteiger charge is -2.15. The second-order valence-electron chi connectivity index (χ2n) is 5.06. The molecule has 2 aromatic rings. The highest BCUT2D eigenvalue weighted by Crippen LogP contribution is 2.30. The molecule has 13 heteroatoms. The maximum absolute atomic E-state index is 12.5. The van der Waals surface area contributed by atoms with Crippen LogP contribution >= 0.6 is 35.3 Å². The van der Waals surface area contributed by atoms with E-state index < -0.39 is 18.2 Å². The summed E-state index contributed by atoms with van der Waals surface area (Å²) in [4.78, 5) is 7.33. The van der Waals surface area contributed by atoms with Crippen LogP contribution in [0.15, 0.2) is 34.6 Å². The second kappa shape index (κ2) is 10.1. The van der Waals surface area contributed by atoms with Gasteiger partial charge in [-0.05, 0) is 6.07 Å². The molecule has 0 aliphatic rings. The van der Waals surface area contributed by atoms with Crippen molar-refractivity contribution in [2.45, 2.75) is 25.6 Å². The van der Waals surface area contributed by atoms with Crippen molar-refractivity contribution in [1.82, 2.24) is 15.6 Å². The van der Waals surface area contributed by atoms with Crippen molar-refractivity contribution in [3.8, 4) is 5.75 Å². The topological polar surface area (TPSA) is 58.5 Å². The Kier molecular flexibility index (Phi) is 8.78. The molecule has 1 aromatic heterocycles. The molecule has 0 spiro atoms. The SMILES string of the molecule is CN=C(NCc1nc(C(F)(F)F)cs1)NCc1ccccc1OC(F)(F)F.I. The Bertz CT molecular complexity index is 793. The standard InChI is InChI=1S/C15H14F6N4OS.HI/c1-22-13(24-7-12-25-11(8-27-12)14(16,17)18)23-6-9-4-2-3-5-10(9)26-15(19,20)21;/h2-5,8H,6-7H2,1H3,(H2,22,23,24);1H. The van der Waals surface area contributed by atoms with Gasteiger partial charge in [-0.1, -0.05) is 18.2 Å². The number of guanidine groups is 1. The summed E-state index contributed by atoms with van der Waals surface area (Å²) in [7, 11) is 1.41. The van der Waals surface area contributed by atoms with Crippen molar-refractivity contribution in [2.75, 3.05) is 7.05 Å². The molecule has 0 saturated heterocycles. The monoisotopic (exact) mass is 540 g/mol. The third-order valence-electron chi connectivity index (χ3n) is 3.12. The summed E-state index contributed by atoms with van der Waals surface area (Å²) in [5.74, 6) is -0.178. The average Bonchev–Trinajstić information content (AvgIpc) is 3.04. The second-order valence-corrected chi connectivity index (χ2v) is 6.00. The Labute approximate surface area is 177 Å². The molecule has 28 heavy (non-hydrogen) atoms. The van der Waals surface area contributed by atoms with Gasteiger partial charge in [0, 0.05) is 24.5 Å². The number of alkyl halides is 6. The fraction of sp³-hybridized carbons (Fsp3) is 0.333. The van der Waals surface area contributed by atoms with Crippen LogP contribution in [0, 0.1) is 0 Å². The minimum Gasteiger partial charge on any atom is -0.405 e. The summed E-state index contributed by atoms with van der Waals surface area (Å²) in [5, 5.41) is 6.60. The first kappa shape index (κ1) is 24.3. The zero-order chi connectivity index (χ0) is 20.1. The number of thiazole rings is 1. The van der Waals surface area contributed by atoms with E-state index in [4.69, 9.17) is 0 Å². The lowest BCUT2D eigenvalue weighted by atomic mass is 10.2. The lowest BCUT2D eigenvalue weighted by Crippen LogP contribution is -2.36. The first-order valence-corrected chi connectivity index (χ1v) is 8.26. The van der Waals surface area contributed by atoms with Crippen molar-refractivity contribution in [2.24, 2.45) is 4.99 Å². The fourth-order valence-corrected chi connectivity index (χ4v) is 2.70. The van der Waals surface area contributed by atoms with Crippen LogP contribution in [-0.2, 0) is 19.3 Å². The Morgan fingerprint density at radius 3 is 2.32 bits per heavy atom. The van der Waals surface area contributed by atoms with E-state index in [0.29, 0.717) is 0 Å². The number of hydrogen-bond donors (Lipinski definition) is 2. The van der Waals surface area contributed by atoms with Gasteiger partial charge in [0.05, 0.1) is 6.54 Å². The normalized spacial score (nSPS) is 12.3. The van der Waals surface area contributed by atoms with Crippen LogP contribution in [0.3, 0.4) is 0 Å². The predicted octanol–water partition coefficient (Wildman–Crippen LogP) is 4.54. The molecule has 0 aliphatic heterocycles. The van der Waals surface area contributed by atoms with Crippen molar-refractivity contribution in [1.29, 1.82) is 0 Å². The Morgan fingerprint density at radius 1 is 1.11 bits per heavy atom. The Morgan fingerprint density at radius 2 is 1.75 bits per heavy atom. The molecule has 1 aromatic carbocycles. The summed E-state index contributed by atoms with van der Waals surface area (Å²) in [6.45, 7) is -0.0707. The highest BCUT2D eigenvalue weighted by Gasteiger charge is 2.33. The number of rotatable bonds is 5. The highest BCUT2D eigenvalue weighted by atomic mass is 127. The van der Waals surface area contributed by atoms with E-state index in [-0.39, 0.29) is 59.3 Å². The predicted molar refractivity (Wildman–Crippen MR) is 103 cm³/mol. The van der Waals surface area contributed by atoms with Crippen LogP contribution in [-0.4, -0.2) is 24.4 Å². The molecule has 0 bridgehead atoms. The quantitative estimate of drug-likeness (QED) is 0.253. The van der Waals surface area contributed by atoms with Gasteiger partial charge < -0.3 is 15.4 Å². The largest absolute Gasteiger partial charge is 0.573 e. The zero-order valence-electron chi connectivity index (χ0n) is 14.2. The van der Waals surface area contributed by atoms with E-state index >= 15 is 0 Å². The highest BCUT2D eigenvalue weighted by molar-refractivity contribution is 14.0. The molecule has 156 valence electrons. The molecule has 2 N–H and O–H groups in total. The van der Waals surface area contributed by atoms with Gasteiger partial charge in [-0.3, -0.25) is 4.99 Å². The molecule has 0 saturated carbocycles. The van der Waals surface area contributed by atoms with E-state index in [1.165, 1.54) is 25.2 Å². The molecular formula is C15H15F6IN4OS. The van der Waals surface area contributed by atoms with Crippen molar-refractivity contribution in [3.05, 3.63) is 45.9 Å². The van der Waals surface area contributed by atoms with Crippen LogP contribution in [0.5, 0.6) is 5.75 Å². The van der Waals surface area contributed by atoms with Crippen molar-refractivity contribution in [3.63, 3.8) is 0 Å². The van der Waals surface area contributed by atoms with Gasteiger partial charge in [-0.2, -0.15) is 13.2 Å². The first-order chi connectivity index (χ1) is 12.6. The molecule has 0 amide bonds. The summed E-state index contributed by atoms with van der Waals surface area (Å²) < 4.78 is 78.8. The van der Waals surface area contributed by atoms with Gasteiger partial charge in [0.2, 0.25) is 0 Å². The van der Waals surface area contributed by atoms with Crippen molar-refractivity contribution >= 4 is 41.3 Å². The van der Waals surface area contributed by atoms with Gasteiger partial charge in [-0.25, -0.2) is 4.98 Å². The van der Waals surface area contributed by atoms with E-state index in [0.717, 1.165) is 16.7 Å². The molecule has 2 rings (SSSR count). The van der Waals surface area contributed by atoms with Gasteiger partial charge in [0.25, 0.3) is 0 Å². The molecule has 0 aliphatic carbocycles. The van der Waals surface area contributed by atoms with E-state index in [1.54, 1.807) is 6.07 Å². The van der Waals surface area contributed by atoms with Crippen molar-refractivity contribution < 1.29 is 31.1 Å². The maximum Gasteiger partial charge on any atom is 0.573 e. The Hall–Kier alpha value is -1.77. The summed E-state index contributed by atoms with van der Waals surface area (Å²) >= 11 is 0.831. The molecule has 0 unspecified atom stereocenters. The number of para-hydroxylation sites is 1. The number of ether oxygens (including phenoxy) is 1. The van der Waals surface area contributed by atoms with E-state index in [9.17, 15) is 26.3 Å². The summed E-state index contributed by atoms with van der Waals surface area (Å²) in [6.07, 6.45) is -9.34. The number of hydrogen-bond acceptors (Lipinski definition) is 4. The minimum atomic E-state index is -4.82. The van der Waals surface area contributed by atoms with Crippen LogP contribution in [0.1, 0.15) is 16.3 Å². The van der Waals surface area contributed by atoms with E-state index in [2.05, 4.69) is 25.3 Å². The Balaban J connectivity index is 0.00000392. The third kappa shape index (κ3) is 7.69. The molecule has 0 radical (unpaired) electrons. The fourth-order valence-electron chi connectivity index (χ4n) is 1.96. The van der Waals surface area contributed by atoms with Crippen LogP contribution < -0.4 is 15.4 Å². The number of aliphatic imine (C=N–C) groups is 1. The van der Waals surface area contributed by atoms with Gasteiger partial charge in [-0.15, -0.1) is 48.5 Å². The first-order valence-electron chi connectivity index (χ1n) is 7.38. The number of benzene rings is 1. The van der Waals surface area contributed by atoms with Gasteiger partial charge >= 0.3 is 12.5 Å². The zero-order valence-corrected chi connectivity index (χ0v) is 17.3. The van der Waals surface area contributed by atoms with E-state index in [1.807, 2.05) is 0 Å². The number of halogens is 7. The van der Waals surface area contributed by atoms with Crippen LogP contribution in [0.2, 0.25) is 0 Å². The maximum atomic E-state index is 12.5. The molecule has 5 nitrogen and oxygen atoms in total. The summed E-state index contributed by atoms with van der Waals surface area (Å²) in [5.41, 5.74) is -0.753. The number of nitrogens with one attached hydrogen (secondary N) is 2. The molecule has 1 heterocycles. The smallest absolute Gasteiger partial charge is 0.405 e.